The van der Waals surface area contributed by atoms with Gasteiger partial charge in [0, 0.05) is 43.2 Å². The Balaban J connectivity index is 1.43. The molecule has 0 saturated carbocycles. The predicted octanol–water partition coefficient (Wildman–Crippen LogP) is 2.98. The number of hydrogen-bond donors (Lipinski definition) is 1. The summed E-state index contributed by atoms with van der Waals surface area (Å²) in [7, 11) is -3.82. The number of carbonyl (C=O) groups excluding carboxylic acids is 2. The number of anilines is 2. The first-order valence-corrected chi connectivity index (χ1v) is 12.7. The number of nitrogens with one attached hydrogen (secondary N) is 1. The van der Waals surface area contributed by atoms with E-state index in [2.05, 4.69) is 4.72 Å². The second-order valence-electron chi connectivity index (χ2n) is 8.14. The number of morpholine rings is 1. The van der Waals surface area contributed by atoms with Crippen molar-refractivity contribution >= 4 is 44.8 Å². The molecule has 1 saturated heterocycles. The molecule has 176 valence electrons. The van der Waals surface area contributed by atoms with Gasteiger partial charge in [0.25, 0.3) is 10.0 Å². The summed E-state index contributed by atoms with van der Waals surface area (Å²) in [6.45, 7) is 4.42. The van der Waals surface area contributed by atoms with Crippen LogP contribution in [-0.4, -0.2) is 58.0 Å². The smallest absolute Gasteiger partial charge is 0.261 e. The van der Waals surface area contributed by atoms with Crippen LogP contribution in [0.15, 0.2) is 41.3 Å². The van der Waals surface area contributed by atoms with Gasteiger partial charge >= 0.3 is 0 Å². The molecule has 2 heterocycles. The zero-order chi connectivity index (χ0) is 23.6. The van der Waals surface area contributed by atoms with Gasteiger partial charge in [0.2, 0.25) is 11.8 Å². The Bertz CT molecular complexity index is 1180. The number of hydrogen-bond acceptors (Lipinski definition) is 5. The number of fused-ring (bicyclic) bond motifs is 1. The van der Waals surface area contributed by atoms with Crippen molar-refractivity contribution in [1.29, 1.82) is 0 Å². The number of nitrogens with zero attached hydrogens (tertiary/aromatic N) is 2. The third-order valence-electron chi connectivity index (χ3n) is 5.92. The molecule has 0 aliphatic carbocycles. The van der Waals surface area contributed by atoms with Gasteiger partial charge in [-0.25, -0.2) is 8.42 Å². The summed E-state index contributed by atoms with van der Waals surface area (Å²) in [5.41, 5.74) is 2.66. The quantitative estimate of drug-likeness (QED) is 0.670. The summed E-state index contributed by atoms with van der Waals surface area (Å²) in [4.78, 5) is 28.6. The molecule has 0 atom stereocenters. The minimum Gasteiger partial charge on any atom is -0.378 e. The fraction of sp³-hybridized carbons (Fsp3) is 0.391. The number of ether oxygens (including phenoxy) is 1. The zero-order valence-corrected chi connectivity index (χ0v) is 19.9. The molecule has 2 aliphatic heterocycles. The molecule has 0 bridgehead atoms. The maximum absolute atomic E-state index is 12.9. The molecule has 2 aromatic rings. The van der Waals surface area contributed by atoms with Crippen LogP contribution >= 0.6 is 11.6 Å². The third-order valence-corrected chi connectivity index (χ3v) is 7.52. The summed E-state index contributed by atoms with van der Waals surface area (Å²) in [6, 6.07) is 9.76. The number of carbonyl (C=O) groups is 2. The molecule has 0 radical (unpaired) electrons. The van der Waals surface area contributed by atoms with Gasteiger partial charge in [-0.05, 0) is 54.8 Å². The lowest BCUT2D eigenvalue weighted by Gasteiger charge is -2.27. The topological polar surface area (TPSA) is 96.0 Å². The second-order valence-corrected chi connectivity index (χ2v) is 10.3. The van der Waals surface area contributed by atoms with Crippen LogP contribution in [0.1, 0.15) is 24.0 Å². The normalized spacial score (nSPS) is 15.9. The van der Waals surface area contributed by atoms with Crippen molar-refractivity contribution in [3.8, 4) is 0 Å². The van der Waals surface area contributed by atoms with E-state index >= 15 is 0 Å². The fourth-order valence-electron chi connectivity index (χ4n) is 4.03. The highest BCUT2D eigenvalue weighted by Gasteiger charge is 2.28. The van der Waals surface area contributed by atoms with Gasteiger partial charge in [0.05, 0.1) is 23.8 Å². The number of amides is 2. The van der Waals surface area contributed by atoms with Crippen LogP contribution in [0, 0.1) is 6.92 Å². The Morgan fingerprint density at radius 2 is 1.76 bits per heavy atom. The van der Waals surface area contributed by atoms with Crippen LogP contribution in [0.4, 0.5) is 11.4 Å². The van der Waals surface area contributed by atoms with Crippen molar-refractivity contribution in [2.24, 2.45) is 0 Å². The van der Waals surface area contributed by atoms with Crippen molar-refractivity contribution in [2.45, 2.75) is 31.1 Å². The van der Waals surface area contributed by atoms with Crippen LogP contribution in [-0.2, 0) is 30.8 Å². The number of rotatable bonds is 6. The van der Waals surface area contributed by atoms with Crippen LogP contribution in [0.25, 0.3) is 0 Å². The van der Waals surface area contributed by atoms with Crippen LogP contribution < -0.4 is 9.62 Å². The molecular formula is C23H26ClN3O5S. The molecule has 0 unspecified atom stereocenters. The SMILES string of the molecule is Cc1ccc(Cl)cc1NS(=O)(=O)c1ccc2c(c1)CCN2C(=O)CCC(=O)N1CCOCC1. The Kier molecular flexibility index (Phi) is 6.92. The van der Waals surface area contributed by atoms with Gasteiger partial charge in [0.1, 0.15) is 0 Å². The van der Waals surface area contributed by atoms with Crippen LogP contribution in [0.5, 0.6) is 0 Å². The number of sulfonamides is 1. The first-order valence-electron chi connectivity index (χ1n) is 10.8. The molecule has 10 heteroatoms. The molecule has 33 heavy (non-hydrogen) atoms. The average molecular weight is 492 g/mol. The molecule has 8 nitrogen and oxygen atoms in total. The monoisotopic (exact) mass is 491 g/mol. The first kappa shape index (κ1) is 23.5. The highest BCUT2D eigenvalue weighted by atomic mass is 35.5. The Morgan fingerprint density at radius 3 is 2.52 bits per heavy atom. The van der Waals surface area contributed by atoms with Crippen molar-refractivity contribution in [3.05, 3.63) is 52.5 Å². The van der Waals surface area contributed by atoms with Gasteiger partial charge in [-0.15, -0.1) is 0 Å². The largest absolute Gasteiger partial charge is 0.378 e. The molecular weight excluding hydrogens is 466 g/mol. The first-order chi connectivity index (χ1) is 15.7. The lowest BCUT2D eigenvalue weighted by molar-refractivity contribution is -0.136. The molecule has 0 spiro atoms. The van der Waals surface area contributed by atoms with Gasteiger partial charge in [-0.1, -0.05) is 17.7 Å². The van der Waals surface area contributed by atoms with E-state index in [0.717, 1.165) is 11.1 Å². The summed E-state index contributed by atoms with van der Waals surface area (Å²) in [6.07, 6.45) is 0.823. The summed E-state index contributed by atoms with van der Waals surface area (Å²) >= 11 is 6.00. The molecule has 0 aromatic heterocycles. The second kappa shape index (κ2) is 9.70. The molecule has 2 aromatic carbocycles. The standard InChI is InChI=1S/C23H26ClN3O5S/c1-16-2-3-18(24)15-20(16)25-33(30,31)19-4-5-21-17(14-19)8-9-27(21)23(29)7-6-22(28)26-10-12-32-13-11-26/h2-5,14-15,25H,6-13H2,1H3. The zero-order valence-electron chi connectivity index (χ0n) is 18.3. The van der Waals surface area contributed by atoms with E-state index in [9.17, 15) is 18.0 Å². The average Bonchev–Trinajstić information content (AvgIpc) is 3.23. The molecule has 4 rings (SSSR count). The molecule has 2 amide bonds. The summed E-state index contributed by atoms with van der Waals surface area (Å²) in [5.74, 6) is -0.187. The van der Waals surface area contributed by atoms with Crippen molar-refractivity contribution < 1.29 is 22.7 Å². The van der Waals surface area contributed by atoms with Gasteiger partial charge < -0.3 is 14.5 Å². The lowest BCUT2D eigenvalue weighted by Crippen LogP contribution is -2.41. The lowest BCUT2D eigenvalue weighted by atomic mass is 10.2. The minimum atomic E-state index is -3.82. The Hall–Kier alpha value is -2.62. The van der Waals surface area contributed by atoms with E-state index in [1.165, 1.54) is 6.07 Å². The maximum atomic E-state index is 12.9. The highest BCUT2D eigenvalue weighted by Crippen LogP contribution is 2.32. The number of benzene rings is 2. The molecule has 2 aliphatic rings. The number of aryl methyl sites for hydroxylation is 1. The van der Waals surface area contributed by atoms with Crippen molar-refractivity contribution in [1.82, 2.24) is 4.90 Å². The Labute approximate surface area is 198 Å². The van der Waals surface area contributed by atoms with Crippen molar-refractivity contribution in [2.75, 3.05) is 42.5 Å². The third kappa shape index (κ3) is 5.31. The van der Waals surface area contributed by atoms with E-state index in [4.69, 9.17) is 16.3 Å². The van der Waals surface area contributed by atoms with E-state index in [1.807, 2.05) is 0 Å². The highest BCUT2D eigenvalue weighted by molar-refractivity contribution is 7.92. The van der Waals surface area contributed by atoms with E-state index in [0.29, 0.717) is 55.7 Å². The Morgan fingerprint density at radius 1 is 1.03 bits per heavy atom. The number of halogens is 1. The van der Waals surface area contributed by atoms with Crippen LogP contribution in [0.3, 0.4) is 0 Å². The van der Waals surface area contributed by atoms with E-state index in [-0.39, 0.29) is 29.6 Å². The van der Waals surface area contributed by atoms with E-state index < -0.39 is 10.0 Å². The van der Waals surface area contributed by atoms with Gasteiger partial charge in [-0.2, -0.15) is 0 Å². The molecule has 1 N–H and O–H groups in total. The predicted molar refractivity (Wildman–Crippen MR) is 126 cm³/mol. The minimum absolute atomic E-state index is 0.0464. The van der Waals surface area contributed by atoms with Gasteiger partial charge in [0.15, 0.2) is 0 Å². The van der Waals surface area contributed by atoms with E-state index in [1.54, 1.807) is 47.1 Å². The summed E-state index contributed by atoms with van der Waals surface area (Å²) in [5, 5.41) is 0.438. The van der Waals surface area contributed by atoms with Crippen molar-refractivity contribution in [3.63, 3.8) is 0 Å². The fourth-order valence-corrected chi connectivity index (χ4v) is 5.38. The maximum Gasteiger partial charge on any atom is 0.261 e. The molecule has 1 fully saturated rings. The van der Waals surface area contributed by atoms with Crippen LogP contribution in [0.2, 0.25) is 5.02 Å². The summed E-state index contributed by atoms with van der Waals surface area (Å²) < 4.78 is 33.7. The van der Waals surface area contributed by atoms with Gasteiger partial charge in [-0.3, -0.25) is 14.3 Å².